The second kappa shape index (κ2) is 9.53. The van der Waals surface area contributed by atoms with Crippen LogP contribution in [0.4, 0.5) is 4.79 Å². The van der Waals surface area contributed by atoms with Crippen molar-refractivity contribution in [1.82, 2.24) is 10.8 Å². The maximum atomic E-state index is 11.7. The molecule has 2 N–H and O–H groups in total. The summed E-state index contributed by atoms with van der Waals surface area (Å²) >= 11 is 0. The standard InChI is InChI=1S/C18H30N2O3/c1-14(2)16(11-19-17(21)23-18(3,4)5)12-20-22-13-15-9-7-6-8-10-15/h6-10,14,16,20H,11-13H2,1-5H3,(H,19,21). The van der Waals surface area contributed by atoms with Gasteiger partial charge in [-0.3, -0.25) is 4.84 Å². The van der Waals surface area contributed by atoms with Crippen molar-refractivity contribution in [2.75, 3.05) is 13.1 Å². The largest absolute Gasteiger partial charge is 0.444 e. The van der Waals surface area contributed by atoms with Crippen molar-refractivity contribution in [2.24, 2.45) is 11.8 Å². The van der Waals surface area contributed by atoms with E-state index in [1.807, 2.05) is 51.1 Å². The number of alkyl carbamates (subject to hydrolysis) is 1. The molecule has 5 heteroatoms. The van der Waals surface area contributed by atoms with E-state index in [-0.39, 0.29) is 12.0 Å². The van der Waals surface area contributed by atoms with Gasteiger partial charge in [0, 0.05) is 13.1 Å². The van der Waals surface area contributed by atoms with Gasteiger partial charge in [-0.25, -0.2) is 10.3 Å². The molecule has 0 spiro atoms. The zero-order valence-electron chi connectivity index (χ0n) is 14.9. The van der Waals surface area contributed by atoms with Crippen LogP contribution < -0.4 is 10.8 Å². The average Bonchev–Trinajstić information content (AvgIpc) is 2.45. The van der Waals surface area contributed by atoms with Crippen molar-refractivity contribution in [3.63, 3.8) is 0 Å². The number of carbonyl (C=O) groups excluding carboxylic acids is 1. The van der Waals surface area contributed by atoms with Crippen LogP contribution in [0.15, 0.2) is 30.3 Å². The van der Waals surface area contributed by atoms with Crippen molar-refractivity contribution in [1.29, 1.82) is 0 Å². The molecular weight excluding hydrogens is 292 g/mol. The highest BCUT2D eigenvalue weighted by molar-refractivity contribution is 5.67. The summed E-state index contributed by atoms with van der Waals surface area (Å²) in [6.45, 7) is 11.5. The Morgan fingerprint density at radius 1 is 1.13 bits per heavy atom. The Labute approximate surface area is 139 Å². The van der Waals surface area contributed by atoms with Gasteiger partial charge in [0.05, 0.1) is 6.61 Å². The highest BCUT2D eigenvalue weighted by Gasteiger charge is 2.19. The Morgan fingerprint density at radius 3 is 2.35 bits per heavy atom. The van der Waals surface area contributed by atoms with Gasteiger partial charge in [0.15, 0.2) is 0 Å². The van der Waals surface area contributed by atoms with Crippen LogP contribution in [0.25, 0.3) is 0 Å². The first-order valence-electron chi connectivity index (χ1n) is 8.13. The quantitative estimate of drug-likeness (QED) is 0.568. The van der Waals surface area contributed by atoms with Crippen LogP contribution in [0.2, 0.25) is 0 Å². The summed E-state index contributed by atoms with van der Waals surface area (Å²) in [6, 6.07) is 9.99. The molecule has 0 aromatic heterocycles. The molecule has 1 aromatic carbocycles. The smallest absolute Gasteiger partial charge is 0.407 e. The Morgan fingerprint density at radius 2 is 1.78 bits per heavy atom. The Kier molecular flexibility index (Phi) is 8.06. The van der Waals surface area contributed by atoms with Gasteiger partial charge in [0.25, 0.3) is 0 Å². The molecule has 0 aliphatic carbocycles. The fraction of sp³-hybridized carbons (Fsp3) is 0.611. The van der Waals surface area contributed by atoms with E-state index in [4.69, 9.17) is 9.57 Å². The molecule has 0 bridgehead atoms. The molecule has 0 aliphatic rings. The number of hydroxylamine groups is 1. The second-order valence-corrected chi connectivity index (χ2v) is 7.01. The highest BCUT2D eigenvalue weighted by Crippen LogP contribution is 2.10. The Hall–Kier alpha value is -1.59. The lowest BCUT2D eigenvalue weighted by atomic mass is 9.96. The second-order valence-electron chi connectivity index (χ2n) is 7.01. The normalized spacial score (nSPS) is 13.0. The molecule has 130 valence electrons. The summed E-state index contributed by atoms with van der Waals surface area (Å²) in [4.78, 5) is 17.2. The third kappa shape index (κ3) is 9.21. The number of rotatable bonds is 8. The predicted octanol–water partition coefficient (Wildman–Crippen LogP) is 3.50. The lowest BCUT2D eigenvalue weighted by Crippen LogP contribution is -2.39. The molecule has 0 saturated heterocycles. The maximum absolute atomic E-state index is 11.7. The molecule has 1 atom stereocenters. The molecule has 0 heterocycles. The van der Waals surface area contributed by atoms with Crippen molar-refractivity contribution in [3.8, 4) is 0 Å². The molecule has 5 nitrogen and oxygen atoms in total. The number of hydrogen-bond donors (Lipinski definition) is 2. The summed E-state index contributed by atoms with van der Waals surface area (Å²) in [5.74, 6) is 0.677. The molecule has 1 amide bonds. The predicted molar refractivity (Wildman–Crippen MR) is 91.8 cm³/mol. The number of benzene rings is 1. The summed E-state index contributed by atoms with van der Waals surface area (Å²) in [6.07, 6.45) is -0.381. The number of hydrogen-bond acceptors (Lipinski definition) is 4. The molecule has 0 fully saturated rings. The van der Waals surface area contributed by atoms with Crippen LogP contribution in [0.3, 0.4) is 0 Å². The molecule has 0 aliphatic heterocycles. The van der Waals surface area contributed by atoms with Crippen molar-refractivity contribution < 1.29 is 14.4 Å². The van der Waals surface area contributed by atoms with Gasteiger partial charge in [-0.15, -0.1) is 0 Å². The van der Waals surface area contributed by atoms with Gasteiger partial charge >= 0.3 is 6.09 Å². The molecular formula is C18H30N2O3. The first kappa shape index (κ1) is 19.5. The lowest BCUT2D eigenvalue weighted by molar-refractivity contribution is 0.0145. The fourth-order valence-corrected chi connectivity index (χ4v) is 1.95. The molecule has 1 unspecified atom stereocenters. The zero-order valence-corrected chi connectivity index (χ0v) is 14.9. The fourth-order valence-electron chi connectivity index (χ4n) is 1.95. The molecule has 0 radical (unpaired) electrons. The van der Waals surface area contributed by atoms with E-state index in [9.17, 15) is 4.79 Å². The topological polar surface area (TPSA) is 59.6 Å². The van der Waals surface area contributed by atoms with E-state index in [1.165, 1.54) is 0 Å². The Balaban J connectivity index is 2.28. The van der Waals surface area contributed by atoms with Crippen molar-refractivity contribution in [2.45, 2.75) is 46.8 Å². The number of carbonyl (C=O) groups is 1. The number of ether oxygens (including phenoxy) is 1. The highest BCUT2D eigenvalue weighted by atomic mass is 16.6. The van der Waals surface area contributed by atoms with Crippen LogP contribution in [0.1, 0.15) is 40.2 Å². The van der Waals surface area contributed by atoms with Gasteiger partial charge in [0.1, 0.15) is 5.60 Å². The Bertz CT molecular complexity index is 455. The van der Waals surface area contributed by atoms with Crippen LogP contribution >= 0.6 is 0 Å². The minimum Gasteiger partial charge on any atom is -0.444 e. The van der Waals surface area contributed by atoms with E-state index in [1.54, 1.807) is 0 Å². The summed E-state index contributed by atoms with van der Waals surface area (Å²) in [5.41, 5.74) is 3.64. The monoisotopic (exact) mass is 322 g/mol. The minimum atomic E-state index is -0.478. The van der Waals surface area contributed by atoms with Gasteiger partial charge in [0.2, 0.25) is 0 Å². The van der Waals surface area contributed by atoms with Crippen molar-refractivity contribution >= 4 is 6.09 Å². The summed E-state index contributed by atoms with van der Waals surface area (Å²) in [7, 11) is 0. The minimum absolute atomic E-state index is 0.262. The van der Waals surface area contributed by atoms with Crippen LogP contribution in [0.5, 0.6) is 0 Å². The maximum Gasteiger partial charge on any atom is 0.407 e. The molecule has 0 saturated carbocycles. The van der Waals surface area contributed by atoms with Crippen LogP contribution in [-0.2, 0) is 16.2 Å². The SMILES string of the molecule is CC(C)C(CNOCc1ccccc1)CNC(=O)OC(C)(C)C. The van der Waals surface area contributed by atoms with Crippen LogP contribution in [-0.4, -0.2) is 24.8 Å². The van der Waals surface area contributed by atoms with Gasteiger partial charge in [-0.05, 0) is 38.2 Å². The summed E-state index contributed by atoms with van der Waals surface area (Å²) in [5, 5.41) is 2.82. The van der Waals surface area contributed by atoms with E-state index in [0.29, 0.717) is 25.6 Å². The zero-order chi connectivity index (χ0) is 17.3. The lowest BCUT2D eigenvalue weighted by Gasteiger charge is -2.24. The third-order valence-electron chi connectivity index (χ3n) is 3.38. The van der Waals surface area contributed by atoms with Gasteiger partial charge < -0.3 is 10.1 Å². The first-order chi connectivity index (χ1) is 10.8. The van der Waals surface area contributed by atoms with E-state index >= 15 is 0 Å². The number of nitrogens with one attached hydrogen (secondary N) is 2. The van der Waals surface area contributed by atoms with E-state index in [0.717, 1.165) is 5.56 Å². The van der Waals surface area contributed by atoms with E-state index < -0.39 is 5.60 Å². The van der Waals surface area contributed by atoms with E-state index in [2.05, 4.69) is 24.6 Å². The first-order valence-corrected chi connectivity index (χ1v) is 8.13. The summed E-state index contributed by atoms with van der Waals surface area (Å²) < 4.78 is 5.25. The van der Waals surface area contributed by atoms with Gasteiger partial charge in [-0.2, -0.15) is 0 Å². The van der Waals surface area contributed by atoms with Gasteiger partial charge in [-0.1, -0.05) is 44.2 Å². The average molecular weight is 322 g/mol. The third-order valence-corrected chi connectivity index (χ3v) is 3.38. The van der Waals surface area contributed by atoms with Crippen molar-refractivity contribution in [3.05, 3.63) is 35.9 Å². The molecule has 1 rings (SSSR count). The molecule has 1 aromatic rings. The van der Waals surface area contributed by atoms with Crippen LogP contribution in [0, 0.1) is 11.8 Å². The number of amides is 1. The molecule has 23 heavy (non-hydrogen) atoms.